The maximum absolute atomic E-state index is 10.5. The fourth-order valence-corrected chi connectivity index (χ4v) is 3.84. The lowest BCUT2D eigenvalue weighted by atomic mass is 10.2. The standard InChI is InChI=1S/C17H17N7OS/c18-10-12(16-21-19-14-6-2-1-4-8-23(14)16)13(25)11-26-17-22-20-15-7-3-5-9-24(15)17/h3,5,7,9,25H,1-2,4,6,8,11H2/b13-12-. The summed E-state index contributed by atoms with van der Waals surface area (Å²) in [6.07, 6.45) is 5.95. The summed E-state index contributed by atoms with van der Waals surface area (Å²) in [5.74, 6) is 1.52. The second kappa shape index (κ2) is 7.17. The van der Waals surface area contributed by atoms with E-state index in [2.05, 4.69) is 26.5 Å². The molecule has 0 saturated carbocycles. The molecule has 4 rings (SSSR count). The van der Waals surface area contributed by atoms with E-state index in [0.29, 0.717) is 11.0 Å². The molecule has 132 valence electrons. The Kier molecular flexibility index (Phi) is 4.58. The summed E-state index contributed by atoms with van der Waals surface area (Å²) in [5.41, 5.74) is 0.911. The van der Waals surface area contributed by atoms with Gasteiger partial charge >= 0.3 is 0 Å². The molecule has 4 heterocycles. The van der Waals surface area contributed by atoms with Gasteiger partial charge in [0, 0.05) is 19.2 Å². The molecule has 8 nitrogen and oxygen atoms in total. The lowest BCUT2D eigenvalue weighted by molar-refractivity contribution is 0.420. The molecule has 3 aromatic rings. The van der Waals surface area contributed by atoms with Crippen LogP contribution in [-0.4, -0.2) is 40.2 Å². The van der Waals surface area contributed by atoms with Gasteiger partial charge in [-0.3, -0.25) is 4.40 Å². The minimum atomic E-state index is -0.0235. The van der Waals surface area contributed by atoms with Crippen molar-refractivity contribution in [3.05, 3.63) is 41.8 Å². The molecule has 0 unspecified atom stereocenters. The van der Waals surface area contributed by atoms with Crippen molar-refractivity contribution in [2.24, 2.45) is 0 Å². The van der Waals surface area contributed by atoms with Gasteiger partial charge in [0.25, 0.3) is 0 Å². The normalized spacial score (nSPS) is 15.2. The SMILES string of the molecule is N#C/C(=C(/O)CSc1nnc2ccccn12)c1nnc2n1CCCCC2. The highest BCUT2D eigenvalue weighted by Gasteiger charge is 2.21. The lowest BCUT2D eigenvalue weighted by Gasteiger charge is -2.07. The molecule has 0 fully saturated rings. The number of hydrogen-bond acceptors (Lipinski definition) is 7. The first-order valence-electron chi connectivity index (χ1n) is 8.45. The van der Waals surface area contributed by atoms with Gasteiger partial charge in [0.15, 0.2) is 16.6 Å². The fraction of sp³-hybridized carbons (Fsp3) is 0.353. The van der Waals surface area contributed by atoms with E-state index in [1.54, 1.807) is 0 Å². The number of allylic oxidation sites excluding steroid dienone is 1. The van der Waals surface area contributed by atoms with Gasteiger partial charge in [-0.1, -0.05) is 24.2 Å². The number of pyridine rings is 1. The van der Waals surface area contributed by atoms with Crippen LogP contribution in [0.4, 0.5) is 0 Å². The monoisotopic (exact) mass is 367 g/mol. The first-order chi connectivity index (χ1) is 12.8. The third-order valence-corrected chi connectivity index (χ3v) is 5.31. The molecule has 3 aromatic heterocycles. The van der Waals surface area contributed by atoms with Gasteiger partial charge in [-0.2, -0.15) is 5.26 Å². The Morgan fingerprint density at radius 2 is 2.12 bits per heavy atom. The minimum absolute atomic E-state index is 0.0235. The van der Waals surface area contributed by atoms with Crippen molar-refractivity contribution in [3.63, 3.8) is 0 Å². The van der Waals surface area contributed by atoms with Gasteiger partial charge in [0.05, 0.1) is 5.75 Å². The number of fused-ring (bicyclic) bond motifs is 2. The zero-order valence-corrected chi connectivity index (χ0v) is 14.9. The molecule has 26 heavy (non-hydrogen) atoms. The van der Waals surface area contributed by atoms with Gasteiger partial charge in [-0.25, -0.2) is 0 Å². The average molecular weight is 367 g/mol. The third-order valence-electron chi connectivity index (χ3n) is 4.35. The quantitative estimate of drug-likeness (QED) is 0.429. The molecule has 9 heteroatoms. The topological polar surface area (TPSA) is 105 Å². The summed E-state index contributed by atoms with van der Waals surface area (Å²) < 4.78 is 3.80. The number of aliphatic hydroxyl groups is 1. The number of aryl methyl sites for hydroxylation is 1. The first-order valence-corrected chi connectivity index (χ1v) is 9.43. The molecule has 0 radical (unpaired) electrons. The first kappa shape index (κ1) is 16.6. The number of rotatable bonds is 4. The zero-order valence-electron chi connectivity index (χ0n) is 14.0. The predicted octanol–water partition coefficient (Wildman–Crippen LogP) is 2.63. The molecule has 1 N–H and O–H groups in total. The summed E-state index contributed by atoms with van der Waals surface area (Å²) >= 11 is 1.32. The highest BCUT2D eigenvalue weighted by atomic mass is 32.2. The van der Waals surface area contributed by atoms with E-state index in [-0.39, 0.29) is 17.1 Å². The maximum Gasteiger partial charge on any atom is 0.196 e. The van der Waals surface area contributed by atoms with Gasteiger partial charge in [-0.05, 0) is 25.0 Å². The van der Waals surface area contributed by atoms with Gasteiger partial charge < -0.3 is 9.67 Å². The van der Waals surface area contributed by atoms with E-state index in [1.807, 2.05) is 33.4 Å². The molecule has 0 spiro atoms. The summed E-state index contributed by atoms with van der Waals surface area (Å²) in [5, 5.41) is 37.3. The van der Waals surface area contributed by atoms with Gasteiger partial charge in [0.1, 0.15) is 23.2 Å². The Bertz CT molecular complexity index is 1010. The molecular formula is C17H17N7OS. The van der Waals surface area contributed by atoms with Crippen LogP contribution in [-0.2, 0) is 13.0 Å². The number of nitrogens with zero attached hydrogens (tertiary/aromatic N) is 7. The minimum Gasteiger partial charge on any atom is -0.510 e. The van der Waals surface area contributed by atoms with Crippen molar-refractivity contribution in [3.8, 4) is 6.07 Å². The Morgan fingerprint density at radius 1 is 1.19 bits per heavy atom. The van der Waals surface area contributed by atoms with Crippen molar-refractivity contribution in [2.45, 2.75) is 37.4 Å². The number of aliphatic hydroxyl groups excluding tert-OH is 1. The van der Waals surface area contributed by atoms with Crippen LogP contribution in [0.1, 0.15) is 30.9 Å². The number of thioether (sulfide) groups is 1. The summed E-state index contributed by atoms with van der Waals surface area (Å²) in [6.45, 7) is 0.776. The predicted molar refractivity (Wildman–Crippen MR) is 96.4 cm³/mol. The van der Waals surface area contributed by atoms with Crippen molar-refractivity contribution in [2.75, 3.05) is 5.75 Å². The summed E-state index contributed by atoms with van der Waals surface area (Å²) in [4.78, 5) is 0. The molecule has 0 aliphatic carbocycles. The Labute approximate surface area is 154 Å². The Morgan fingerprint density at radius 3 is 3.00 bits per heavy atom. The zero-order chi connectivity index (χ0) is 17.9. The molecule has 1 aliphatic rings. The van der Waals surface area contributed by atoms with E-state index in [9.17, 15) is 10.4 Å². The van der Waals surface area contributed by atoms with Crippen LogP contribution in [0.2, 0.25) is 0 Å². The second-order valence-electron chi connectivity index (χ2n) is 6.04. The lowest BCUT2D eigenvalue weighted by Crippen LogP contribution is -2.07. The van der Waals surface area contributed by atoms with Crippen molar-refractivity contribution < 1.29 is 5.11 Å². The van der Waals surface area contributed by atoms with Crippen LogP contribution >= 0.6 is 11.8 Å². The van der Waals surface area contributed by atoms with Gasteiger partial charge in [-0.15, -0.1) is 20.4 Å². The second-order valence-corrected chi connectivity index (χ2v) is 6.98. The fourth-order valence-electron chi connectivity index (χ4n) is 3.04. The Balaban J connectivity index is 1.60. The van der Waals surface area contributed by atoms with Crippen LogP contribution in [0.25, 0.3) is 11.2 Å². The largest absolute Gasteiger partial charge is 0.510 e. The molecule has 0 bridgehead atoms. The van der Waals surface area contributed by atoms with E-state index >= 15 is 0 Å². The number of nitriles is 1. The van der Waals surface area contributed by atoms with Crippen LogP contribution in [0, 0.1) is 11.3 Å². The van der Waals surface area contributed by atoms with E-state index in [0.717, 1.165) is 43.7 Å². The average Bonchev–Trinajstić information content (AvgIpc) is 3.17. The van der Waals surface area contributed by atoms with Crippen molar-refractivity contribution in [1.82, 2.24) is 29.4 Å². The molecule has 1 aliphatic heterocycles. The van der Waals surface area contributed by atoms with E-state index < -0.39 is 0 Å². The maximum atomic E-state index is 10.5. The van der Waals surface area contributed by atoms with Crippen molar-refractivity contribution in [1.29, 1.82) is 5.26 Å². The highest BCUT2D eigenvalue weighted by molar-refractivity contribution is 7.99. The highest BCUT2D eigenvalue weighted by Crippen LogP contribution is 2.25. The van der Waals surface area contributed by atoms with Crippen LogP contribution < -0.4 is 0 Å². The van der Waals surface area contributed by atoms with Crippen LogP contribution in [0.3, 0.4) is 0 Å². The summed E-state index contributed by atoms with van der Waals surface area (Å²) in [6, 6.07) is 7.73. The smallest absolute Gasteiger partial charge is 0.196 e. The number of hydrogen-bond donors (Lipinski definition) is 1. The third kappa shape index (κ3) is 3.04. The summed E-state index contributed by atoms with van der Waals surface area (Å²) in [7, 11) is 0. The molecule has 0 aromatic carbocycles. The van der Waals surface area contributed by atoms with E-state index in [1.165, 1.54) is 11.8 Å². The van der Waals surface area contributed by atoms with E-state index in [4.69, 9.17) is 0 Å². The molecular weight excluding hydrogens is 350 g/mol. The Hall–Kier alpha value is -2.86. The van der Waals surface area contributed by atoms with Gasteiger partial charge in [0.2, 0.25) is 0 Å². The van der Waals surface area contributed by atoms with Crippen molar-refractivity contribution >= 4 is 23.0 Å². The van der Waals surface area contributed by atoms with Crippen LogP contribution in [0.15, 0.2) is 35.3 Å². The molecule has 0 atom stereocenters. The molecule has 0 saturated heterocycles. The number of aromatic nitrogens is 6. The van der Waals surface area contributed by atoms with Crippen LogP contribution in [0.5, 0.6) is 0 Å². The molecule has 0 amide bonds.